The van der Waals surface area contributed by atoms with Gasteiger partial charge in [-0.05, 0) is 31.0 Å². The van der Waals surface area contributed by atoms with E-state index in [0.29, 0.717) is 6.42 Å². The third kappa shape index (κ3) is 5.64. The maximum atomic E-state index is 11.6. The molecular weight excluding hydrogens is 338 g/mol. The molecule has 0 heterocycles. The van der Waals surface area contributed by atoms with Crippen LogP contribution in [0.25, 0.3) is 0 Å². The Morgan fingerprint density at radius 3 is 2.14 bits per heavy atom. The Labute approximate surface area is 128 Å². The van der Waals surface area contributed by atoms with E-state index in [9.17, 15) is 21.6 Å². The molecule has 1 N–H and O–H groups in total. The first-order valence-electron chi connectivity index (χ1n) is 6.02. The number of hydrogen-bond acceptors (Lipinski definition) is 5. The molecule has 118 valence electrons. The molecule has 0 aliphatic rings. The first kappa shape index (κ1) is 17.9. The summed E-state index contributed by atoms with van der Waals surface area (Å²) in [6.45, 7) is 1.58. The van der Waals surface area contributed by atoms with E-state index in [1.165, 1.54) is 19.1 Å². The van der Waals surface area contributed by atoms with Gasteiger partial charge in [0.05, 0.1) is 4.90 Å². The van der Waals surface area contributed by atoms with E-state index in [4.69, 9.17) is 10.7 Å². The molecule has 0 bridgehead atoms. The molecule has 0 fully saturated rings. The van der Waals surface area contributed by atoms with Crippen molar-refractivity contribution >= 4 is 35.5 Å². The lowest BCUT2D eigenvalue weighted by molar-refractivity contribution is -0.120. The first-order valence-corrected chi connectivity index (χ1v) is 10.3. The molecule has 0 aliphatic carbocycles. The fourth-order valence-corrected chi connectivity index (χ4v) is 2.73. The third-order valence-corrected chi connectivity index (χ3v) is 5.80. The molecule has 1 unspecified atom stereocenters. The van der Waals surface area contributed by atoms with Crippen LogP contribution in [-0.2, 0) is 30.1 Å². The Hall–Kier alpha value is -1.12. The molecule has 0 radical (unpaired) electrons. The lowest BCUT2D eigenvalue weighted by Crippen LogP contribution is -2.38. The highest BCUT2D eigenvalue weighted by Gasteiger charge is 2.22. The van der Waals surface area contributed by atoms with E-state index in [1.807, 2.05) is 0 Å². The standard InChI is InChI=1S/C12H16ClNO5S2/c1-9(20(2,16)17)12(15)14-8-7-10-3-5-11(6-4-10)21(13,18)19/h3-6,9H,7-8H2,1-2H3,(H,14,15). The maximum absolute atomic E-state index is 11.6. The molecule has 0 aromatic heterocycles. The minimum absolute atomic E-state index is 0.00245. The van der Waals surface area contributed by atoms with Gasteiger partial charge < -0.3 is 5.32 Å². The number of carbonyl (C=O) groups is 1. The van der Waals surface area contributed by atoms with E-state index in [0.717, 1.165) is 11.8 Å². The zero-order chi connectivity index (χ0) is 16.3. The monoisotopic (exact) mass is 353 g/mol. The zero-order valence-corrected chi connectivity index (χ0v) is 13.9. The molecule has 0 aliphatic heterocycles. The van der Waals surface area contributed by atoms with Gasteiger partial charge in [0.2, 0.25) is 5.91 Å². The predicted molar refractivity (Wildman–Crippen MR) is 80.5 cm³/mol. The minimum atomic E-state index is -3.75. The predicted octanol–water partition coefficient (Wildman–Crippen LogP) is 0.706. The van der Waals surface area contributed by atoms with Crippen LogP contribution < -0.4 is 5.32 Å². The Morgan fingerprint density at radius 2 is 1.71 bits per heavy atom. The van der Waals surface area contributed by atoms with Crippen LogP contribution in [0, 0.1) is 0 Å². The lowest BCUT2D eigenvalue weighted by atomic mass is 10.1. The molecule has 1 atom stereocenters. The van der Waals surface area contributed by atoms with Crippen molar-refractivity contribution < 1.29 is 21.6 Å². The van der Waals surface area contributed by atoms with Crippen LogP contribution >= 0.6 is 10.7 Å². The van der Waals surface area contributed by atoms with Crippen molar-refractivity contribution in [2.24, 2.45) is 0 Å². The molecule has 0 spiro atoms. The number of hydrogen-bond donors (Lipinski definition) is 1. The Bertz CT molecular complexity index is 711. The third-order valence-electron chi connectivity index (χ3n) is 2.93. The van der Waals surface area contributed by atoms with Crippen LogP contribution in [0.5, 0.6) is 0 Å². The molecule has 1 rings (SSSR count). The van der Waals surface area contributed by atoms with Crippen LogP contribution in [0.2, 0.25) is 0 Å². The number of amides is 1. The van der Waals surface area contributed by atoms with Crippen molar-refractivity contribution in [3.05, 3.63) is 29.8 Å². The van der Waals surface area contributed by atoms with E-state index >= 15 is 0 Å². The van der Waals surface area contributed by atoms with Gasteiger partial charge in [0.15, 0.2) is 9.84 Å². The van der Waals surface area contributed by atoms with Gasteiger partial charge in [0.1, 0.15) is 5.25 Å². The summed E-state index contributed by atoms with van der Waals surface area (Å²) in [5.74, 6) is -0.558. The smallest absolute Gasteiger partial charge is 0.261 e. The lowest BCUT2D eigenvalue weighted by Gasteiger charge is -2.10. The van der Waals surface area contributed by atoms with E-state index in [1.54, 1.807) is 12.1 Å². The molecule has 1 aromatic rings. The van der Waals surface area contributed by atoms with Crippen molar-refractivity contribution in [3.8, 4) is 0 Å². The second-order valence-electron chi connectivity index (χ2n) is 4.59. The van der Waals surface area contributed by atoms with Gasteiger partial charge in [-0.2, -0.15) is 0 Å². The number of benzene rings is 1. The summed E-state index contributed by atoms with van der Waals surface area (Å²) in [6.07, 6.45) is 1.45. The molecule has 1 aromatic carbocycles. The summed E-state index contributed by atoms with van der Waals surface area (Å²) in [4.78, 5) is 11.6. The molecule has 1 amide bonds. The largest absolute Gasteiger partial charge is 0.355 e. The fraction of sp³-hybridized carbons (Fsp3) is 0.417. The van der Waals surface area contributed by atoms with Crippen LogP contribution in [0.3, 0.4) is 0 Å². The summed E-state index contributed by atoms with van der Waals surface area (Å²) in [5.41, 5.74) is 0.798. The summed E-state index contributed by atoms with van der Waals surface area (Å²) in [6, 6.07) is 5.92. The number of halogens is 1. The molecular formula is C12H16ClNO5S2. The normalized spacial score (nSPS) is 13.7. The van der Waals surface area contributed by atoms with Crippen molar-refractivity contribution in [3.63, 3.8) is 0 Å². The van der Waals surface area contributed by atoms with Crippen LogP contribution in [0.1, 0.15) is 12.5 Å². The van der Waals surface area contributed by atoms with Crippen molar-refractivity contribution in [2.75, 3.05) is 12.8 Å². The van der Waals surface area contributed by atoms with E-state index in [2.05, 4.69) is 5.32 Å². The van der Waals surface area contributed by atoms with Gasteiger partial charge in [0.25, 0.3) is 9.05 Å². The Morgan fingerprint density at radius 1 is 1.19 bits per heavy atom. The summed E-state index contributed by atoms with van der Waals surface area (Å²) in [7, 11) is -1.97. The highest BCUT2D eigenvalue weighted by atomic mass is 35.7. The quantitative estimate of drug-likeness (QED) is 0.759. The highest BCUT2D eigenvalue weighted by Crippen LogP contribution is 2.15. The fourth-order valence-electron chi connectivity index (χ4n) is 1.49. The molecule has 21 heavy (non-hydrogen) atoms. The zero-order valence-electron chi connectivity index (χ0n) is 11.5. The van der Waals surface area contributed by atoms with Gasteiger partial charge in [-0.1, -0.05) is 12.1 Å². The van der Waals surface area contributed by atoms with Gasteiger partial charge in [-0.3, -0.25) is 4.79 Å². The van der Waals surface area contributed by atoms with E-state index < -0.39 is 30.0 Å². The van der Waals surface area contributed by atoms with Crippen LogP contribution in [0.4, 0.5) is 0 Å². The highest BCUT2D eigenvalue weighted by molar-refractivity contribution is 8.13. The SMILES string of the molecule is CC(C(=O)NCCc1ccc(S(=O)(=O)Cl)cc1)S(C)(=O)=O. The number of carbonyl (C=O) groups excluding carboxylic acids is 1. The first-order chi connectivity index (χ1) is 9.51. The Kier molecular flexibility index (Phi) is 5.77. The van der Waals surface area contributed by atoms with Gasteiger partial charge >= 0.3 is 0 Å². The number of nitrogens with one attached hydrogen (secondary N) is 1. The summed E-state index contributed by atoms with van der Waals surface area (Å²) in [5, 5.41) is 1.42. The Balaban J connectivity index is 2.56. The molecule has 9 heteroatoms. The average molecular weight is 354 g/mol. The maximum Gasteiger partial charge on any atom is 0.261 e. The van der Waals surface area contributed by atoms with Gasteiger partial charge in [-0.15, -0.1) is 0 Å². The number of rotatable bonds is 6. The summed E-state index contributed by atoms with van der Waals surface area (Å²) >= 11 is 0. The van der Waals surface area contributed by atoms with Crippen molar-refractivity contribution in [1.29, 1.82) is 0 Å². The second kappa shape index (κ2) is 6.76. The van der Waals surface area contributed by atoms with E-state index in [-0.39, 0.29) is 11.4 Å². The van der Waals surface area contributed by atoms with Crippen molar-refractivity contribution in [1.82, 2.24) is 5.32 Å². The second-order valence-corrected chi connectivity index (χ2v) is 9.53. The number of sulfone groups is 1. The van der Waals surface area contributed by atoms with Crippen molar-refractivity contribution in [2.45, 2.75) is 23.5 Å². The van der Waals surface area contributed by atoms with Crippen LogP contribution in [-0.4, -0.2) is 40.8 Å². The average Bonchev–Trinajstić information content (AvgIpc) is 2.36. The topological polar surface area (TPSA) is 97.4 Å². The van der Waals surface area contributed by atoms with Gasteiger partial charge in [-0.25, -0.2) is 16.8 Å². The van der Waals surface area contributed by atoms with Gasteiger partial charge in [0, 0.05) is 23.5 Å². The molecule has 6 nitrogen and oxygen atoms in total. The molecule has 0 saturated carbocycles. The summed E-state index contributed by atoms with van der Waals surface area (Å²) < 4.78 is 44.6. The minimum Gasteiger partial charge on any atom is -0.355 e. The van der Waals surface area contributed by atoms with Crippen LogP contribution in [0.15, 0.2) is 29.2 Å². The molecule has 0 saturated heterocycles.